The van der Waals surface area contributed by atoms with Gasteiger partial charge in [0.1, 0.15) is 0 Å². The van der Waals surface area contributed by atoms with E-state index in [2.05, 4.69) is 4.72 Å². The van der Waals surface area contributed by atoms with Gasteiger partial charge in [-0.1, -0.05) is 6.07 Å². The smallest absolute Gasteiger partial charge is 0.232 e. The maximum Gasteiger partial charge on any atom is 0.232 e. The van der Waals surface area contributed by atoms with E-state index >= 15 is 0 Å². The molecule has 0 atom stereocenters. The number of sulfonamides is 1. The summed E-state index contributed by atoms with van der Waals surface area (Å²) in [7, 11) is -0.360. The first-order chi connectivity index (χ1) is 7.54. The number of hydrogen-bond acceptors (Lipinski definition) is 4. The van der Waals surface area contributed by atoms with Crippen LogP contribution in [0.15, 0.2) is 18.2 Å². The first-order valence-electron chi connectivity index (χ1n) is 4.75. The summed E-state index contributed by atoms with van der Waals surface area (Å²) >= 11 is 0. The van der Waals surface area contributed by atoms with Crippen LogP contribution in [-0.2, 0) is 10.0 Å². The lowest BCUT2D eigenvalue weighted by molar-refractivity contribution is 0.356. The topological polar surface area (TPSA) is 64.6 Å². The minimum absolute atomic E-state index is 0.00731. The third-order valence-corrected chi connectivity index (χ3v) is 3.34. The number of anilines is 1. The minimum Gasteiger partial charge on any atom is -0.493 e. The van der Waals surface area contributed by atoms with Crippen LogP contribution >= 0.6 is 0 Å². The van der Waals surface area contributed by atoms with E-state index in [-0.39, 0.29) is 5.75 Å². The van der Waals surface area contributed by atoms with Crippen LogP contribution < -0.4 is 14.2 Å². The molecular formula is C10H15NO4S. The summed E-state index contributed by atoms with van der Waals surface area (Å²) in [6.07, 6.45) is 0. The van der Waals surface area contributed by atoms with Gasteiger partial charge in [-0.15, -0.1) is 0 Å². The van der Waals surface area contributed by atoms with Crippen molar-refractivity contribution in [2.45, 2.75) is 6.92 Å². The van der Waals surface area contributed by atoms with Gasteiger partial charge in [0.2, 0.25) is 10.0 Å². The molecule has 16 heavy (non-hydrogen) atoms. The molecule has 0 saturated carbocycles. The van der Waals surface area contributed by atoms with Crippen LogP contribution in [0.25, 0.3) is 0 Å². The third kappa shape index (κ3) is 2.79. The van der Waals surface area contributed by atoms with Crippen molar-refractivity contribution in [3.05, 3.63) is 18.2 Å². The Morgan fingerprint density at radius 2 is 1.94 bits per heavy atom. The molecule has 0 aliphatic heterocycles. The second-order valence-corrected chi connectivity index (χ2v) is 5.06. The standard InChI is InChI=1S/C10H15NO4S/c1-4-16(12,13)11-8-6-5-7-9(14-2)10(8)15-3/h5-7,11H,4H2,1-3H3. The van der Waals surface area contributed by atoms with Crippen molar-refractivity contribution in [3.8, 4) is 11.5 Å². The average Bonchev–Trinajstić information content (AvgIpc) is 2.28. The Kier molecular flexibility index (Phi) is 4.00. The number of hydrogen-bond donors (Lipinski definition) is 1. The molecule has 0 aliphatic carbocycles. The molecule has 90 valence electrons. The molecule has 0 unspecified atom stereocenters. The van der Waals surface area contributed by atoms with Crippen LogP contribution in [0.2, 0.25) is 0 Å². The van der Waals surface area contributed by atoms with Crippen LogP contribution in [0.1, 0.15) is 6.92 Å². The van der Waals surface area contributed by atoms with Crippen molar-refractivity contribution in [1.29, 1.82) is 0 Å². The Labute approximate surface area is 95.4 Å². The number of rotatable bonds is 5. The first kappa shape index (κ1) is 12.6. The molecule has 6 heteroatoms. The van der Waals surface area contributed by atoms with E-state index in [1.54, 1.807) is 25.1 Å². The summed E-state index contributed by atoms with van der Waals surface area (Å²) < 4.78 is 35.5. The zero-order valence-electron chi connectivity index (χ0n) is 9.48. The van der Waals surface area contributed by atoms with Crippen molar-refractivity contribution in [2.24, 2.45) is 0 Å². The lowest BCUT2D eigenvalue weighted by atomic mass is 10.3. The molecule has 0 fully saturated rings. The van der Waals surface area contributed by atoms with Crippen molar-refractivity contribution in [1.82, 2.24) is 0 Å². The van der Waals surface area contributed by atoms with Gasteiger partial charge in [0.05, 0.1) is 25.7 Å². The molecular weight excluding hydrogens is 230 g/mol. The molecule has 0 aliphatic rings. The second-order valence-electron chi connectivity index (χ2n) is 3.05. The third-order valence-electron chi connectivity index (χ3n) is 2.05. The number of para-hydroxylation sites is 1. The van der Waals surface area contributed by atoms with Crippen LogP contribution in [0.3, 0.4) is 0 Å². The Morgan fingerprint density at radius 1 is 1.25 bits per heavy atom. The highest BCUT2D eigenvalue weighted by molar-refractivity contribution is 7.92. The number of ether oxygens (including phenoxy) is 2. The van der Waals surface area contributed by atoms with Gasteiger partial charge in [0, 0.05) is 0 Å². The average molecular weight is 245 g/mol. The van der Waals surface area contributed by atoms with Gasteiger partial charge in [-0.05, 0) is 19.1 Å². The van der Waals surface area contributed by atoms with E-state index in [9.17, 15) is 8.42 Å². The lowest BCUT2D eigenvalue weighted by Crippen LogP contribution is -2.15. The van der Waals surface area contributed by atoms with Gasteiger partial charge in [0.25, 0.3) is 0 Å². The molecule has 0 saturated heterocycles. The van der Waals surface area contributed by atoms with Gasteiger partial charge in [-0.25, -0.2) is 8.42 Å². The van der Waals surface area contributed by atoms with Gasteiger partial charge in [-0.2, -0.15) is 0 Å². The molecule has 0 amide bonds. The predicted molar refractivity (Wildman–Crippen MR) is 62.6 cm³/mol. The van der Waals surface area contributed by atoms with Crippen LogP contribution in [-0.4, -0.2) is 28.4 Å². The van der Waals surface area contributed by atoms with E-state index in [0.717, 1.165) is 0 Å². The van der Waals surface area contributed by atoms with Gasteiger partial charge < -0.3 is 9.47 Å². The first-order valence-corrected chi connectivity index (χ1v) is 6.40. The molecule has 5 nitrogen and oxygen atoms in total. The van der Waals surface area contributed by atoms with E-state index in [0.29, 0.717) is 17.2 Å². The van der Waals surface area contributed by atoms with Crippen molar-refractivity contribution >= 4 is 15.7 Å². The maximum atomic E-state index is 11.4. The summed E-state index contributed by atoms with van der Waals surface area (Å²) in [5.74, 6) is 0.869. The molecule has 0 aromatic heterocycles. The molecule has 1 N–H and O–H groups in total. The van der Waals surface area contributed by atoms with E-state index in [1.165, 1.54) is 14.2 Å². The number of methoxy groups -OCH3 is 2. The summed E-state index contributed by atoms with van der Waals surface area (Å²) in [5.41, 5.74) is 0.378. The van der Waals surface area contributed by atoms with Gasteiger partial charge >= 0.3 is 0 Å². The highest BCUT2D eigenvalue weighted by Gasteiger charge is 2.14. The van der Waals surface area contributed by atoms with E-state index < -0.39 is 10.0 Å². The van der Waals surface area contributed by atoms with Gasteiger partial charge in [0.15, 0.2) is 11.5 Å². The van der Waals surface area contributed by atoms with Crippen LogP contribution in [0.4, 0.5) is 5.69 Å². The quantitative estimate of drug-likeness (QED) is 0.853. The monoisotopic (exact) mass is 245 g/mol. The molecule has 1 rings (SSSR count). The zero-order valence-corrected chi connectivity index (χ0v) is 10.3. The molecule has 1 aromatic carbocycles. The molecule has 0 spiro atoms. The Hall–Kier alpha value is -1.43. The lowest BCUT2D eigenvalue weighted by Gasteiger charge is -2.13. The molecule has 1 aromatic rings. The SMILES string of the molecule is CCS(=O)(=O)Nc1cccc(OC)c1OC. The fraction of sp³-hybridized carbons (Fsp3) is 0.400. The molecule has 0 heterocycles. The fourth-order valence-corrected chi connectivity index (χ4v) is 1.85. The highest BCUT2D eigenvalue weighted by atomic mass is 32.2. The largest absolute Gasteiger partial charge is 0.493 e. The normalized spacial score (nSPS) is 10.9. The summed E-state index contributed by atoms with van der Waals surface area (Å²) in [6.45, 7) is 1.56. The van der Waals surface area contributed by atoms with Crippen LogP contribution in [0.5, 0.6) is 11.5 Å². The van der Waals surface area contributed by atoms with Crippen molar-refractivity contribution in [3.63, 3.8) is 0 Å². The second kappa shape index (κ2) is 5.07. The molecule has 0 radical (unpaired) electrons. The Bertz CT molecular complexity index is 456. The van der Waals surface area contributed by atoms with Crippen molar-refractivity contribution in [2.75, 3.05) is 24.7 Å². The zero-order chi connectivity index (χ0) is 12.2. The van der Waals surface area contributed by atoms with Crippen LogP contribution in [0, 0.1) is 0 Å². The number of nitrogens with one attached hydrogen (secondary N) is 1. The summed E-state index contributed by atoms with van der Waals surface area (Å²) in [6, 6.07) is 5.01. The summed E-state index contributed by atoms with van der Waals surface area (Å²) in [5, 5.41) is 0. The highest BCUT2D eigenvalue weighted by Crippen LogP contribution is 2.35. The minimum atomic E-state index is -3.32. The van der Waals surface area contributed by atoms with Gasteiger partial charge in [-0.3, -0.25) is 4.72 Å². The van der Waals surface area contributed by atoms with E-state index in [1.807, 2.05) is 0 Å². The van der Waals surface area contributed by atoms with E-state index in [4.69, 9.17) is 9.47 Å². The predicted octanol–water partition coefficient (Wildman–Crippen LogP) is 1.47. The molecule has 0 bridgehead atoms. The fourth-order valence-electron chi connectivity index (χ4n) is 1.21. The summed E-state index contributed by atoms with van der Waals surface area (Å²) in [4.78, 5) is 0. The Morgan fingerprint density at radius 3 is 2.44 bits per heavy atom. The van der Waals surface area contributed by atoms with Crippen molar-refractivity contribution < 1.29 is 17.9 Å². The Balaban J connectivity index is 3.14. The maximum absolute atomic E-state index is 11.4. The number of benzene rings is 1.